The molecule has 0 unspecified atom stereocenters. The molecule has 0 radical (unpaired) electrons. The van der Waals surface area contributed by atoms with Crippen molar-refractivity contribution < 1.29 is 14.7 Å². The molecule has 0 bridgehead atoms. The van der Waals surface area contributed by atoms with Gasteiger partial charge in [-0.05, 0) is 0 Å². The van der Waals surface area contributed by atoms with E-state index in [1.54, 1.807) is 6.20 Å². The fourth-order valence-electron chi connectivity index (χ4n) is 0.642. The highest BCUT2D eigenvalue weighted by atomic mass is 16.7. The Hall–Kier alpha value is -1.23. The predicted octanol–water partition coefficient (Wildman–Crippen LogP) is 0.272. The van der Waals surface area contributed by atoms with E-state index >= 15 is 0 Å². The molecule has 0 atom stereocenters. The lowest BCUT2D eigenvalue weighted by Crippen LogP contribution is -2.28. The van der Waals surface area contributed by atoms with Crippen LogP contribution in [0.3, 0.4) is 0 Å². The van der Waals surface area contributed by atoms with Gasteiger partial charge in [-0.3, -0.25) is 9.74 Å². The van der Waals surface area contributed by atoms with Crippen molar-refractivity contribution in [3.05, 3.63) is 12.4 Å². The summed E-state index contributed by atoms with van der Waals surface area (Å²) in [6, 6.07) is 0. The van der Waals surface area contributed by atoms with E-state index in [2.05, 4.69) is 0 Å². The number of hydrogen-bond donors (Lipinski definition) is 1. The number of hydroxylamine groups is 2. The van der Waals surface area contributed by atoms with Crippen molar-refractivity contribution in [2.75, 3.05) is 13.8 Å². The summed E-state index contributed by atoms with van der Waals surface area (Å²) >= 11 is 0. The Balaban J connectivity index is 2.45. The van der Waals surface area contributed by atoms with E-state index in [-0.39, 0.29) is 6.67 Å². The van der Waals surface area contributed by atoms with Crippen molar-refractivity contribution in [3.8, 4) is 0 Å². The van der Waals surface area contributed by atoms with Crippen molar-refractivity contribution in [2.24, 2.45) is 0 Å². The van der Waals surface area contributed by atoms with Crippen molar-refractivity contribution in [1.29, 1.82) is 0 Å². The molecule has 0 aromatic heterocycles. The Morgan fingerprint density at radius 1 is 1.70 bits per heavy atom. The van der Waals surface area contributed by atoms with Crippen LogP contribution < -0.4 is 0 Å². The van der Waals surface area contributed by atoms with E-state index in [1.165, 1.54) is 18.4 Å². The SMILES string of the molecule is CON1C=CN(C(=O)O)C1. The lowest BCUT2D eigenvalue weighted by atomic mass is 10.8. The van der Waals surface area contributed by atoms with Gasteiger partial charge >= 0.3 is 6.09 Å². The first-order chi connectivity index (χ1) is 4.74. The summed E-state index contributed by atoms with van der Waals surface area (Å²) < 4.78 is 0. The first-order valence-corrected chi connectivity index (χ1v) is 2.72. The molecule has 10 heavy (non-hydrogen) atoms. The van der Waals surface area contributed by atoms with Crippen molar-refractivity contribution in [1.82, 2.24) is 9.96 Å². The maximum Gasteiger partial charge on any atom is 0.412 e. The third-order valence-electron chi connectivity index (χ3n) is 1.18. The second kappa shape index (κ2) is 2.57. The van der Waals surface area contributed by atoms with Gasteiger partial charge in [-0.1, -0.05) is 0 Å². The molecular weight excluding hydrogens is 136 g/mol. The molecular formula is C5H8N2O3. The smallest absolute Gasteiger partial charge is 0.412 e. The zero-order chi connectivity index (χ0) is 7.56. The Morgan fingerprint density at radius 2 is 2.40 bits per heavy atom. The van der Waals surface area contributed by atoms with Crippen LogP contribution in [0.4, 0.5) is 4.79 Å². The zero-order valence-corrected chi connectivity index (χ0v) is 5.52. The number of carbonyl (C=O) groups is 1. The van der Waals surface area contributed by atoms with Crippen LogP contribution in [-0.4, -0.2) is 34.9 Å². The van der Waals surface area contributed by atoms with E-state index in [1.807, 2.05) is 0 Å². The van der Waals surface area contributed by atoms with E-state index < -0.39 is 6.09 Å². The molecule has 0 saturated heterocycles. The number of amides is 1. The summed E-state index contributed by atoms with van der Waals surface area (Å²) in [5.41, 5.74) is 0. The molecule has 1 aliphatic heterocycles. The second-order valence-corrected chi connectivity index (χ2v) is 1.79. The van der Waals surface area contributed by atoms with Gasteiger partial charge in [-0.2, -0.15) is 0 Å². The number of carboxylic acid groups (broad SMARTS) is 1. The fourth-order valence-corrected chi connectivity index (χ4v) is 0.642. The lowest BCUT2D eigenvalue weighted by Gasteiger charge is -2.14. The molecule has 0 fully saturated rings. The monoisotopic (exact) mass is 144 g/mol. The minimum atomic E-state index is -0.976. The van der Waals surface area contributed by atoms with Gasteiger partial charge in [0, 0.05) is 12.4 Å². The molecule has 5 heteroatoms. The molecule has 1 N–H and O–H groups in total. The molecule has 1 amide bonds. The van der Waals surface area contributed by atoms with Crippen LogP contribution in [0, 0.1) is 0 Å². The highest BCUT2D eigenvalue weighted by Gasteiger charge is 2.16. The van der Waals surface area contributed by atoms with E-state index in [9.17, 15) is 4.79 Å². The molecule has 0 saturated carbocycles. The minimum Gasteiger partial charge on any atom is -0.465 e. The van der Waals surface area contributed by atoms with Crippen LogP contribution in [0.15, 0.2) is 12.4 Å². The second-order valence-electron chi connectivity index (χ2n) is 1.79. The molecule has 1 rings (SSSR count). The summed E-state index contributed by atoms with van der Waals surface area (Å²) in [4.78, 5) is 16.1. The quantitative estimate of drug-likeness (QED) is 0.574. The third-order valence-corrected chi connectivity index (χ3v) is 1.18. The van der Waals surface area contributed by atoms with Crippen molar-refractivity contribution >= 4 is 6.09 Å². The van der Waals surface area contributed by atoms with Crippen LogP contribution in [0.1, 0.15) is 0 Å². The number of rotatable bonds is 1. The largest absolute Gasteiger partial charge is 0.465 e. The van der Waals surface area contributed by atoms with Gasteiger partial charge in [0.25, 0.3) is 0 Å². The van der Waals surface area contributed by atoms with Crippen LogP contribution >= 0.6 is 0 Å². The van der Waals surface area contributed by atoms with E-state index in [0.29, 0.717) is 0 Å². The van der Waals surface area contributed by atoms with Crippen molar-refractivity contribution in [3.63, 3.8) is 0 Å². The summed E-state index contributed by atoms with van der Waals surface area (Å²) in [6.45, 7) is 0.242. The molecule has 1 heterocycles. The average molecular weight is 144 g/mol. The highest BCUT2D eigenvalue weighted by Crippen LogP contribution is 2.05. The third kappa shape index (κ3) is 1.19. The lowest BCUT2D eigenvalue weighted by molar-refractivity contribution is -0.0950. The molecule has 0 aliphatic carbocycles. The first kappa shape index (κ1) is 6.88. The Kier molecular flexibility index (Phi) is 1.77. The Morgan fingerprint density at radius 3 is 2.70 bits per heavy atom. The number of hydrogen-bond acceptors (Lipinski definition) is 3. The molecule has 0 spiro atoms. The van der Waals surface area contributed by atoms with Crippen LogP contribution in [0.25, 0.3) is 0 Å². The number of nitrogens with zero attached hydrogens (tertiary/aromatic N) is 2. The molecule has 1 aliphatic rings. The Bertz CT molecular complexity index is 168. The molecule has 0 aromatic carbocycles. The van der Waals surface area contributed by atoms with Crippen molar-refractivity contribution in [2.45, 2.75) is 0 Å². The Labute approximate surface area is 58.0 Å². The molecule has 5 nitrogen and oxygen atoms in total. The maximum atomic E-state index is 10.3. The summed E-state index contributed by atoms with van der Waals surface area (Å²) in [7, 11) is 1.48. The summed E-state index contributed by atoms with van der Waals surface area (Å²) in [6.07, 6.45) is 2.01. The normalized spacial score (nSPS) is 16.5. The molecule has 0 aromatic rings. The fraction of sp³-hybridized carbons (Fsp3) is 0.400. The maximum absolute atomic E-state index is 10.3. The first-order valence-electron chi connectivity index (χ1n) is 2.72. The summed E-state index contributed by atoms with van der Waals surface area (Å²) in [5.74, 6) is 0. The highest BCUT2D eigenvalue weighted by molar-refractivity contribution is 5.66. The van der Waals surface area contributed by atoms with Gasteiger partial charge in [0.05, 0.1) is 7.11 Å². The van der Waals surface area contributed by atoms with Gasteiger partial charge < -0.3 is 5.11 Å². The standard InChI is InChI=1S/C5H8N2O3/c1-10-7-3-2-6(4-7)5(8)9/h2-3H,4H2,1H3,(H,8,9). The minimum absolute atomic E-state index is 0.242. The van der Waals surface area contributed by atoms with Crippen LogP contribution in [-0.2, 0) is 4.84 Å². The van der Waals surface area contributed by atoms with E-state index in [0.717, 1.165) is 4.90 Å². The average Bonchev–Trinajstić information content (AvgIpc) is 2.34. The van der Waals surface area contributed by atoms with E-state index in [4.69, 9.17) is 9.94 Å². The van der Waals surface area contributed by atoms with Gasteiger partial charge in [0.2, 0.25) is 0 Å². The zero-order valence-electron chi connectivity index (χ0n) is 5.52. The van der Waals surface area contributed by atoms with Crippen LogP contribution in [0.2, 0.25) is 0 Å². The van der Waals surface area contributed by atoms with Gasteiger partial charge in [-0.15, -0.1) is 0 Å². The van der Waals surface area contributed by atoms with Crippen LogP contribution in [0.5, 0.6) is 0 Å². The summed E-state index contributed by atoms with van der Waals surface area (Å²) in [5, 5.41) is 9.83. The van der Waals surface area contributed by atoms with Gasteiger partial charge in [-0.25, -0.2) is 9.86 Å². The van der Waals surface area contributed by atoms with Gasteiger partial charge in [0.15, 0.2) is 0 Å². The molecule has 56 valence electrons. The topological polar surface area (TPSA) is 53.0 Å². The predicted molar refractivity (Wildman–Crippen MR) is 32.7 cm³/mol. The van der Waals surface area contributed by atoms with Gasteiger partial charge in [0.1, 0.15) is 6.67 Å².